The van der Waals surface area contributed by atoms with E-state index in [-0.39, 0.29) is 4.70 Å². The van der Waals surface area contributed by atoms with Crippen molar-refractivity contribution >= 4 is 6.72 Å². The van der Waals surface area contributed by atoms with Gasteiger partial charge < -0.3 is 5.43 Å². The van der Waals surface area contributed by atoms with Crippen molar-refractivity contribution in [3.63, 3.8) is 0 Å². The quantitative estimate of drug-likeness (QED) is 0.238. The van der Waals surface area contributed by atoms with E-state index in [4.69, 9.17) is 5.84 Å². The van der Waals surface area contributed by atoms with Gasteiger partial charge in [-0.1, -0.05) is 0 Å². The molecular formula is C4H12N4. The van der Waals surface area contributed by atoms with Gasteiger partial charge in [-0.15, -0.1) is 7.05 Å². The molecular weight excluding hydrogens is 104 g/mol. The summed E-state index contributed by atoms with van der Waals surface area (Å²) in [7, 11) is 3.39. The summed E-state index contributed by atoms with van der Waals surface area (Å²) in [4.78, 5) is 3.58. The zero-order valence-corrected chi connectivity index (χ0v) is 5.33. The van der Waals surface area contributed by atoms with Gasteiger partial charge in [-0.05, 0) is 6.72 Å². The minimum Gasteiger partial charge on any atom is -0.434 e. The molecule has 0 aliphatic heterocycles. The Morgan fingerprint density at radius 1 is 1.88 bits per heavy atom. The highest BCUT2D eigenvalue weighted by molar-refractivity contribution is 5.22. The fourth-order valence-electron chi connectivity index (χ4n) is 0.266. The summed E-state index contributed by atoms with van der Waals surface area (Å²) in [5.74, 6) is 5.46. The molecule has 0 aromatic carbocycles. The average molecular weight is 116 g/mol. The lowest BCUT2D eigenvalue weighted by Gasteiger charge is -2.35. The molecule has 0 radical (unpaired) electrons. The molecule has 0 heterocycles. The Morgan fingerprint density at radius 3 is 2.50 bits per heavy atom. The van der Waals surface area contributed by atoms with Gasteiger partial charge in [0.05, 0.1) is 7.05 Å². The maximum absolute atomic E-state index is 5.46. The molecule has 1 atom stereocenters. The smallest absolute Gasteiger partial charge is 0.179 e. The molecule has 2 N–H and O–H groups in total. The first-order chi connectivity index (χ1) is 3.62. The highest BCUT2D eigenvalue weighted by atomic mass is 15.8. The van der Waals surface area contributed by atoms with E-state index in [2.05, 4.69) is 17.1 Å². The van der Waals surface area contributed by atoms with Crippen LogP contribution in [0.5, 0.6) is 0 Å². The van der Waals surface area contributed by atoms with Crippen LogP contribution in [0.15, 0.2) is 4.99 Å². The summed E-state index contributed by atoms with van der Waals surface area (Å²) in [6.45, 7) is 3.72. The molecule has 0 saturated carbocycles. The van der Waals surface area contributed by atoms with Gasteiger partial charge in [-0.3, -0.25) is 4.70 Å². The van der Waals surface area contributed by atoms with E-state index in [1.807, 2.05) is 0 Å². The second kappa shape index (κ2) is 2.76. The van der Waals surface area contributed by atoms with Gasteiger partial charge in [-0.2, -0.15) is 5.84 Å². The molecule has 0 amide bonds. The van der Waals surface area contributed by atoms with Crippen LogP contribution in [0.25, 0.3) is 5.43 Å². The van der Waals surface area contributed by atoms with Gasteiger partial charge >= 0.3 is 0 Å². The van der Waals surface area contributed by atoms with Crippen LogP contribution in [0.1, 0.15) is 0 Å². The SMILES string of the molecule is C=NC[N+](C)(N)[N-]C. The molecule has 0 rings (SSSR count). The van der Waals surface area contributed by atoms with Crippen molar-refractivity contribution < 1.29 is 4.70 Å². The fourth-order valence-corrected chi connectivity index (χ4v) is 0.266. The number of nitrogens with zero attached hydrogens (tertiary/aromatic N) is 3. The maximum atomic E-state index is 5.46. The first-order valence-electron chi connectivity index (χ1n) is 2.30. The van der Waals surface area contributed by atoms with Crippen molar-refractivity contribution in [2.75, 3.05) is 20.8 Å². The number of hydrogen-bond donors (Lipinski definition) is 1. The van der Waals surface area contributed by atoms with Crippen molar-refractivity contribution in [1.82, 2.24) is 0 Å². The van der Waals surface area contributed by atoms with Crippen molar-refractivity contribution in [2.45, 2.75) is 0 Å². The lowest BCUT2D eigenvalue weighted by molar-refractivity contribution is -0.884. The van der Waals surface area contributed by atoms with Crippen LogP contribution in [0, 0.1) is 0 Å². The molecule has 0 aromatic rings. The van der Waals surface area contributed by atoms with Gasteiger partial charge in [0.1, 0.15) is 0 Å². The highest BCUT2D eigenvalue weighted by Crippen LogP contribution is 1.96. The van der Waals surface area contributed by atoms with Crippen LogP contribution in [-0.2, 0) is 0 Å². The first kappa shape index (κ1) is 7.55. The summed E-state index contributed by atoms with van der Waals surface area (Å²) >= 11 is 0. The van der Waals surface area contributed by atoms with Crippen LogP contribution < -0.4 is 5.84 Å². The second-order valence-corrected chi connectivity index (χ2v) is 1.78. The summed E-state index contributed by atoms with van der Waals surface area (Å²) in [5, 5.41) is 0. The zero-order valence-electron chi connectivity index (χ0n) is 5.33. The van der Waals surface area contributed by atoms with Gasteiger partial charge in [0.15, 0.2) is 6.67 Å². The zero-order chi connectivity index (χ0) is 6.62. The number of nitrogens with two attached hydrogens (primary N) is 1. The monoisotopic (exact) mass is 116 g/mol. The molecule has 4 heteroatoms. The lowest BCUT2D eigenvalue weighted by Crippen LogP contribution is -2.46. The third kappa shape index (κ3) is 2.68. The molecule has 4 nitrogen and oxygen atoms in total. The topological polar surface area (TPSA) is 52.5 Å². The summed E-state index contributed by atoms with van der Waals surface area (Å²) in [5.41, 5.74) is 3.79. The van der Waals surface area contributed by atoms with Crippen LogP contribution in [-0.4, -0.2) is 32.2 Å². The third-order valence-corrected chi connectivity index (χ3v) is 0.843. The average Bonchev–Trinajstić information content (AvgIpc) is 1.67. The van der Waals surface area contributed by atoms with Crippen molar-refractivity contribution in [1.29, 1.82) is 0 Å². The van der Waals surface area contributed by atoms with Crippen molar-refractivity contribution in [3.05, 3.63) is 5.43 Å². The van der Waals surface area contributed by atoms with Crippen molar-refractivity contribution in [3.8, 4) is 0 Å². The van der Waals surface area contributed by atoms with E-state index in [1.165, 1.54) is 0 Å². The Hall–Kier alpha value is -0.450. The van der Waals surface area contributed by atoms with E-state index in [1.54, 1.807) is 14.1 Å². The number of quaternary nitrogens is 1. The lowest BCUT2D eigenvalue weighted by atomic mass is 10.9. The predicted molar refractivity (Wildman–Crippen MR) is 34.1 cm³/mol. The van der Waals surface area contributed by atoms with E-state index in [0.717, 1.165) is 0 Å². The van der Waals surface area contributed by atoms with E-state index in [0.29, 0.717) is 6.67 Å². The summed E-state index contributed by atoms with van der Waals surface area (Å²) in [6, 6.07) is 0. The summed E-state index contributed by atoms with van der Waals surface area (Å²) < 4.78 is 0.0590. The minimum absolute atomic E-state index is 0.0590. The first-order valence-corrected chi connectivity index (χ1v) is 2.30. The number of hydrogen-bond acceptors (Lipinski definition) is 2. The number of aliphatic imine (C=N–C) groups is 1. The van der Waals surface area contributed by atoms with E-state index in [9.17, 15) is 0 Å². The molecule has 8 heavy (non-hydrogen) atoms. The predicted octanol–water partition coefficient (Wildman–Crippen LogP) is -0.117. The minimum atomic E-state index is 0.0590. The van der Waals surface area contributed by atoms with Crippen LogP contribution in [0.2, 0.25) is 0 Å². The van der Waals surface area contributed by atoms with E-state index >= 15 is 0 Å². The molecule has 0 fully saturated rings. The van der Waals surface area contributed by atoms with Gasteiger partial charge in [-0.25, -0.2) is 4.99 Å². The Morgan fingerprint density at radius 2 is 2.38 bits per heavy atom. The van der Waals surface area contributed by atoms with Gasteiger partial charge in [0, 0.05) is 0 Å². The molecule has 0 bridgehead atoms. The van der Waals surface area contributed by atoms with Crippen LogP contribution in [0.4, 0.5) is 0 Å². The van der Waals surface area contributed by atoms with Crippen LogP contribution in [0.3, 0.4) is 0 Å². The Kier molecular flexibility index (Phi) is 2.60. The fraction of sp³-hybridized carbons (Fsp3) is 0.750. The highest BCUT2D eigenvalue weighted by Gasteiger charge is 1.98. The molecule has 0 aliphatic rings. The molecule has 0 spiro atoms. The van der Waals surface area contributed by atoms with Gasteiger partial charge in [0.2, 0.25) is 0 Å². The molecule has 0 aromatic heterocycles. The Balaban J connectivity index is 3.53. The Labute approximate surface area is 49.5 Å². The van der Waals surface area contributed by atoms with E-state index < -0.39 is 0 Å². The maximum Gasteiger partial charge on any atom is 0.179 e. The molecule has 0 aliphatic carbocycles. The van der Waals surface area contributed by atoms with Crippen LogP contribution >= 0.6 is 0 Å². The Bertz CT molecular complexity index is 78.1. The normalized spacial score (nSPS) is 17.4. The molecule has 48 valence electrons. The van der Waals surface area contributed by atoms with Crippen molar-refractivity contribution in [2.24, 2.45) is 10.8 Å². The number of rotatable bonds is 3. The second-order valence-electron chi connectivity index (χ2n) is 1.78. The summed E-state index contributed by atoms with van der Waals surface area (Å²) in [6.07, 6.45) is 0. The molecule has 0 saturated heterocycles. The third-order valence-electron chi connectivity index (χ3n) is 0.843. The molecule has 1 unspecified atom stereocenters. The largest absolute Gasteiger partial charge is 0.434 e. The standard InChI is InChI=1S/C4H12N4/c1-6-4-8(3,5)7-2/h1,4-5H2,2-3H3. The van der Waals surface area contributed by atoms with Gasteiger partial charge in [0.25, 0.3) is 0 Å².